The van der Waals surface area contributed by atoms with Gasteiger partial charge in [-0.2, -0.15) is 0 Å². The fourth-order valence-electron chi connectivity index (χ4n) is 6.45. The Kier molecular flexibility index (Phi) is 28.1. The van der Waals surface area contributed by atoms with Crippen molar-refractivity contribution in [3.63, 3.8) is 0 Å². The first kappa shape index (κ1) is 59.1. The molecule has 0 bridgehead atoms. The second kappa shape index (κ2) is 35.6. The third kappa shape index (κ3) is 21.3. The van der Waals surface area contributed by atoms with Gasteiger partial charge in [0.1, 0.15) is 0 Å². The Morgan fingerprint density at radius 3 is 0.440 bits per heavy atom. The van der Waals surface area contributed by atoms with E-state index in [0.717, 1.165) is 67.5 Å². The molecule has 75 heavy (non-hydrogen) atoms. The number of rotatable bonds is 6. The first-order valence-corrected chi connectivity index (χ1v) is 23.1. The molecule has 8 heteroatoms. The predicted molar refractivity (Wildman–Crippen MR) is 298 cm³/mol. The molecule has 0 amide bonds. The zero-order valence-corrected chi connectivity index (χ0v) is 44.9. The van der Waals surface area contributed by atoms with Gasteiger partial charge in [0.2, 0.25) is 0 Å². The van der Waals surface area contributed by atoms with Crippen molar-refractivity contribution in [1.29, 1.82) is 0 Å². The molecular weight excluding hydrogens is 1270 g/mol. The summed E-state index contributed by atoms with van der Waals surface area (Å²) in [7, 11) is 0. The predicted octanol–water partition coefficient (Wildman–Crippen LogP) is 15.9. The monoisotopic (exact) mass is 1330 g/mol. The van der Waals surface area contributed by atoms with Crippen molar-refractivity contribution in [1.82, 2.24) is 29.9 Å². The average Bonchev–Trinajstić information content (AvgIpc) is 3.51. The van der Waals surface area contributed by atoms with Crippen LogP contribution < -0.4 is 0 Å². The maximum Gasteiger partial charge on any atom is 3.00 e. The van der Waals surface area contributed by atoms with Gasteiger partial charge in [-0.1, -0.05) is 80.2 Å². The Morgan fingerprint density at radius 2 is 0.333 bits per heavy atom. The van der Waals surface area contributed by atoms with E-state index in [-0.39, 0.29) is 47.6 Å². The normalized spacial score (nSPS) is 9.28. The molecule has 6 aromatic carbocycles. The zero-order chi connectivity index (χ0) is 49.4. The summed E-state index contributed by atoms with van der Waals surface area (Å²) in [5.41, 5.74) is 12.1. The van der Waals surface area contributed by atoms with E-state index in [9.17, 15) is 0 Å². The molecule has 0 aliphatic heterocycles. The van der Waals surface area contributed by atoms with Crippen LogP contribution in [0.4, 0.5) is 0 Å². The third-order valence-electron chi connectivity index (χ3n) is 9.90. The average molecular weight is 1330 g/mol. The van der Waals surface area contributed by atoms with Gasteiger partial charge in [0.25, 0.3) is 0 Å². The van der Waals surface area contributed by atoms with E-state index >= 15 is 0 Å². The largest absolute Gasteiger partial charge is 3.00 e. The number of benzene rings is 6. The molecule has 0 N–H and O–H groups in total. The SMILES string of the molecule is C.[Ir+3].[Ir+3].[c-]1ccccc1-c1ccccn1.[c-]1ccccc1-c1ccccn1.[c-]1ccccc1-c1ccccn1.[c-]1ccccc1-c1ccccn1.[c-]1ccccc1-c1ccccn1.[c-]1ccccc1-c1ccccn1. The summed E-state index contributed by atoms with van der Waals surface area (Å²) >= 11 is 0. The van der Waals surface area contributed by atoms with Crippen molar-refractivity contribution in [3.8, 4) is 67.5 Å². The fraction of sp³-hybridized carbons (Fsp3) is 0.0149. The Morgan fingerprint density at radius 1 is 0.187 bits per heavy atom. The summed E-state index contributed by atoms with van der Waals surface area (Å²) < 4.78 is 0. The van der Waals surface area contributed by atoms with Crippen molar-refractivity contribution in [2.24, 2.45) is 0 Å². The second-order valence-electron chi connectivity index (χ2n) is 14.9. The van der Waals surface area contributed by atoms with Gasteiger partial charge in [0, 0.05) is 37.2 Å². The molecule has 0 radical (unpaired) electrons. The standard InChI is InChI=1S/6C11H8N.CH4.2Ir/c6*1-2-6-10(7-3-1)11-8-4-5-9-12-11;;;/h6*1-6,8-9H;1H4;;/q6*-1;;2*+3. The van der Waals surface area contributed by atoms with Gasteiger partial charge in [0.15, 0.2) is 0 Å². The molecule has 6 nitrogen and oxygen atoms in total. The summed E-state index contributed by atoms with van der Waals surface area (Å²) in [6.45, 7) is 0. The summed E-state index contributed by atoms with van der Waals surface area (Å²) in [5, 5.41) is 0. The van der Waals surface area contributed by atoms with E-state index in [1.165, 1.54) is 0 Å². The van der Waals surface area contributed by atoms with Crippen LogP contribution in [0.1, 0.15) is 7.43 Å². The molecule has 12 rings (SSSR count). The number of nitrogens with zero attached hydrogens (tertiary/aromatic N) is 6. The van der Waals surface area contributed by atoms with E-state index < -0.39 is 0 Å². The first-order valence-electron chi connectivity index (χ1n) is 23.1. The summed E-state index contributed by atoms with van der Waals surface area (Å²) in [6.07, 6.45) is 10.7. The van der Waals surface area contributed by atoms with Crippen LogP contribution in [-0.2, 0) is 40.2 Å². The van der Waals surface area contributed by atoms with Gasteiger partial charge in [-0.15, -0.1) is 215 Å². The molecule has 0 saturated carbocycles. The van der Waals surface area contributed by atoms with Gasteiger partial charge in [0.05, 0.1) is 0 Å². The van der Waals surface area contributed by atoms with Gasteiger partial charge >= 0.3 is 40.2 Å². The summed E-state index contributed by atoms with van der Waals surface area (Å²) in [6, 6.07) is 101. The number of aromatic nitrogens is 6. The smallest absolute Gasteiger partial charge is 0.305 e. The van der Waals surface area contributed by atoms with E-state index in [1.807, 2.05) is 255 Å². The van der Waals surface area contributed by atoms with Crippen LogP contribution in [0.3, 0.4) is 0 Å². The fourth-order valence-corrected chi connectivity index (χ4v) is 6.45. The van der Waals surface area contributed by atoms with Crippen molar-refractivity contribution in [2.45, 2.75) is 7.43 Å². The molecule has 6 heterocycles. The minimum Gasteiger partial charge on any atom is -0.305 e. The van der Waals surface area contributed by atoms with Crippen LogP contribution in [0.25, 0.3) is 67.5 Å². The van der Waals surface area contributed by atoms with Crippen LogP contribution in [0.2, 0.25) is 0 Å². The molecule has 0 unspecified atom stereocenters. The van der Waals surface area contributed by atoms with E-state index in [1.54, 1.807) is 37.2 Å². The van der Waals surface area contributed by atoms with Gasteiger partial charge < -0.3 is 29.9 Å². The molecule has 0 spiro atoms. The Hall–Kier alpha value is -8.48. The van der Waals surface area contributed by atoms with Crippen LogP contribution in [0.15, 0.2) is 292 Å². The zero-order valence-electron chi connectivity index (χ0n) is 40.1. The van der Waals surface area contributed by atoms with Gasteiger partial charge in [-0.05, 0) is 70.6 Å². The number of pyridine rings is 6. The first-order chi connectivity index (χ1) is 35.8. The molecule has 0 fully saturated rings. The van der Waals surface area contributed by atoms with Crippen LogP contribution in [0, 0.1) is 36.4 Å². The van der Waals surface area contributed by atoms with Crippen LogP contribution in [-0.4, -0.2) is 29.9 Å². The van der Waals surface area contributed by atoms with Crippen LogP contribution in [0.5, 0.6) is 0 Å². The Balaban J connectivity index is 0.000000193. The summed E-state index contributed by atoms with van der Waals surface area (Å²) in [4.78, 5) is 25.3. The number of hydrogen-bond acceptors (Lipinski definition) is 6. The van der Waals surface area contributed by atoms with Crippen molar-refractivity contribution >= 4 is 0 Å². The number of hydrogen-bond donors (Lipinski definition) is 0. The minimum atomic E-state index is 0. The molecule has 368 valence electrons. The minimum absolute atomic E-state index is 0. The Labute approximate surface area is 470 Å². The molecule has 0 aliphatic carbocycles. The maximum atomic E-state index is 4.22. The molecule has 0 aliphatic rings. The van der Waals surface area contributed by atoms with E-state index in [4.69, 9.17) is 0 Å². The van der Waals surface area contributed by atoms with Gasteiger partial charge in [-0.3, -0.25) is 0 Å². The maximum absolute atomic E-state index is 4.22. The quantitative estimate of drug-likeness (QED) is 0.154. The summed E-state index contributed by atoms with van der Waals surface area (Å²) in [5.74, 6) is 0. The van der Waals surface area contributed by atoms with Crippen molar-refractivity contribution < 1.29 is 40.2 Å². The molecule has 6 aromatic heterocycles. The molecule has 0 atom stereocenters. The third-order valence-corrected chi connectivity index (χ3v) is 9.90. The van der Waals surface area contributed by atoms with Gasteiger partial charge in [-0.25, -0.2) is 0 Å². The van der Waals surface area contributed by atoms with Crippen molar-refractivity contribution in [3.05, 3.63) is 328 Å². The molecule has 12 aromatic rings. The van der Waals surface area contributed by atoms with Crippen molar-refractivity contribution in [2.75, 3.05) is 0 Å². The van der Waals surface area contributed by atoms with E-state index in [2.05, 4.69) is 66.3 Å². The molecule has 0 saturated heterocycles. The Bertz CT molecular complexity index is 2410. The second-order valence-corrected chi connectivity index (χ2v) is 14.9. The van der Waals surface area contributed by atoms with E-state index in [0.29, 0.717) is 0 Å². The topological polar surface area (TPSA) is 77.3 Å². The molecular formula is C67H52Ir2N6. The van der Waals surface area contributed by atoms with Crippen LogP contribution >= 0.6 is 0 Å².